The second-order valence-corrected chi connectivity index (χ2v) is 4.80. The van der Waals surface area contributed by atoms with Crippen LogP contribution >= 0.6 is 0 Å². The molecule has 2 saturated carbocycles. The predicted molar refractivity (Wildman–Crippen MR) is 48.9 cm³/mol. The molecule has 0 aliphatic heterocycles. The molecule has 2 heteroatoms. The zero-order chi connectivity index (χ0) is 9.00. The molecule has 0 aromatic rings. The van der Waals surface area contributed by atoms with Gasteiger partial charge in [-0.05, 0) is 41.9 Å². The molecule has 0 radical (unpaired) electrons. The number of aliphatic hydroxyl groups excluding tert-OH is 2. The van der Waals surface area contributed by atoms with Crippen LogP contribution in [0.15, 0.2) is 12.2 Å². The van der Waals surface area contributed by atoms with Crippen LogP contribution in [0.3, 0.4) is 0 Å². The van der Waals surface area contributed by atoms with E-state index < -0.39 is 0 Å². The Morgan fingerprint density at radius 1 is 0.923 bits per heavy atom. The Labute approximate surface area is 78.3 Å². The smallest absolute Gasteiger partial charge is 0.0468 e. The van der Waals surface area contributed by atoms with Crippen LogP contribution in [0, 0.1) is 35.5 Å². The van der Waals surface area contributed by atoms with Crippen LogP contribution in [0.4, 0.5) is 0 Å². The van der Waals surface area contributed by atoms with Gasteiger partial charge in [-0.3, -0.25) is 0 Å². The molecular weight excluding hydrogens is 164 g/mol. The highest BCUT2D eigenvalue weighted by Gasteiger charge is 2.58. The molecule has 0 saturated heterocycles. The first-order valence-electron chi connectivity index (χ1n) is 5.27. The van der Waals surface area contributed by atoms with Gasteiger partial charge in [-0.1, -0.05) is 12.2 Å². The molecule has 13 heavy (non-hydrogen) atoms. The van der Waals surface area contributed by atoms with Gasteiger partial charge in [0.15, 0.2) is 0 Å². The summed E-state index contributed by atoms with van der Waals surface area (Å²) in [5.41, 5.74) is 0. The van der Waals surface area contributed by atoms with Crippen molar-refractivity contribution >= 4 is 0 Å². The molecule has 0 spiro atoms. The lowest BCUT2D eigenvalue weighted by atomic mass is 9.63. The molecule has 4 aliphatic rings. The Kier molecular flexibility index (Phi) is 1.59. The van der Waals surface area contributed by atoms with E-state index in [9.17, 15) is 10.2 Å². The minimum atomic E-state index is 0.250. The highest BCUT2D eigenvalue weighted by Crippen LogP contribution is 2.63. The lowest BCUT2D eigenvalue weighted by molar-refractivity contribution is 0.0207. The van der Waals surface area contributed by atoms with Gasteiger partial charge in [-0.15, -0.1) is 0 Å². The minimum absolute atomic E-state index is 0.250. The zero-order valence-corrected chi connectivity index (χ0v) is 7.63. The van der Waals surface area contributed by atoms with Crippen molar-refractivity contribution in [2.45, 2.75) is 6.42 Å². The number of rotatable bonds is 2. The summed E-state index contributed by atoms with van der Waals surface area (Å²) in [5, 5.41) is 18.6. The summed E-state index contributed by atoms with van der Waals surface area (Å²) in [5.74, 6) is 3.49. The summed E-state index contributed by atoms with van der Waals surface area (Å²) in [6.45, 7) is 0.500. The standard InChI is InChI=1S/C11H16O2/c12-4-10-6-1-2-7(11(10)5-13)9-3-8(6)9/h1-2,6-13H,3-5H2/t6-,7+,8-,9-,10+,11-/m1/s1. The average Bonchev–Trinajstić information content (AvgIpc) is 2.97. The van der Waals surface area contributed by atoms with E-state index in [1.54, 1.807) is 0 Å². The van der Waals surface area contributed by atoms with E-state index in [1.807, 2.05) is 0 Å². The van der Waals surface area contributed by atoms with E-state index in [2.05, 4.69) is 12.2 Å². The van der Waals surface area contributed by atoms with E-state index in [1.165, 1.54) is 6.42 Å². The van der Waals surface area contributed by atoms with Gasteiger partial charge < -0.3 is 10.2 Å². The molecule has 72 valence electrons. The fourth-order valence-electron chi connectivity index (χ4n) is 3.67. The Hall–Kier alpha value is -0.340. The van der Waals surface area contributed by atoms with Gasteiger partial charge >= 0.3 is 0 Å². The van der Waals surface area contributed by atoms with Crippen molar-refractivity contribution in [2.75, 3.05) is 13.2 Å². The molecule has 6 atom stereocenters. The van der Waals surface area contributed by atoms with Gasteiger partial charge in [0.05, 0.1) is 0 Å². The number of hydrogen-bond donors (Lipinski definition) is 2. The third-order valence-electron chi connectivity index (χ3n) is 4.40. The van der Waals surface area contributed by atoms with Crippen molar-refractivity contribution in [1.29, 1.82) is 0 Å². The third kappa shape index (κ3) is 0.906. The summed E-state index contributed by atoms with van der Waals surface area (Å²) in [6, 6.07) is 0. The van der Waals surface area contributed by atoms with Gasteiger partial charge in [0.1, 0.15) is 0 Å². The van der Waals surface area contributed by atoms with E-state index in [-0.39, 0.29) is 13.2 Å². The molecule has 0 amide bonds. The van der Waals surface area contributed by atoms with Crippen LogP contribution in [-0.4, -0.2) is 23.4 Å². The predicted octanol–water partition coefficient (Wildman–Crippen LogP) is 0.655. The molecule has 0 unspecified atom stereocenters. The van der Waals surface area contributed by atoms with Crippen molar-refractivity contribution in [3.05, 3.63) is 12.2 Å². The maximum absolute atomic E-state index is 9.31. The lowest BCUT2D eigenvalue weighted by Crippen LogP contribution is -2.42. The van der Waals surface area contributed by atoms with Crippen molar-refractivity contribution in [3.63, 3.8) is 0 Å². The molecule has 4 rings (SSSR count). The maximum Gasteiger partial charge on any atom is 0.0468 e. The van der Waals surface area contributed by atoms with Crippen LogP contribution < -0.4 is 0 Å². The molecule has 0 aromatic heterocycles. The summed E-state index contributed by atoms with van der Waals surface area (Å²) in [6.07, 6.45) is 5.90. The first kappa shape index (κ1) is 8.01. The number of aliphatic hydroxyl groups is 2. The van der Waals surface area contributed by atoms with Gasteiger partial charge in [0.2, 0.25) is 0 Å². The fourth-order valence-corrected chi connectivity index (χ4v) is 3.67. The minimum Gasteiger partial charge on any atom is -0.396 e. The molecule has 0 heterocycles. The highest BCUT2D eigenvalue weighted by molar-refractivity contribution is 5.20. The second kappa shape index (κ2) is 2.58. The van der Waals surface area contributed by atoms with Crippen molar-refractivity contribution in [3.8, 4) is 0 Å². The normalized spacial score (nSPS) is 56.5. The summed E-state index contributed by atoms with van der Waals surface area (Å²) >= 11 is 0. The zero-order valence-electron chi connectivity index (χ0n) is 7.63. The van der Waals surface area contributed by atoms with Crippen LogP contribution in [-0.2, 0) is 0 Å². The van der Waals surface area contributed by atoms with Crippen molar-refractivity contribution in [2.24, 2.45) is 35.5 Å². The monoisotopic (exact) mass is 180 g/mol. The number of hydrogen-bond acceptors (Lipinski definition) is 2. The fraction of sp³-hybridized carbons (Fsp3) is 0.818. The van der Waals surface area contributed by atoms with Crippen LogP contribution in [0.5, 0.6) is 0 Å². The number of allylic oxidation sites excluding steroid dienone is 2. The summed E-state index contributed by atoms with van der Waals surface area (Å²) in [4.78, 5) is 0. The van der Waals surface area contributed by atoms with Crippen LogP contribution in [0.2, 0.25) is 0 Å². The van der Waals surface area contributed by atoms with E-state index in [0.29, 0.717) is 23.7 Å². The summed E-state index contributed by atoms with van der Waals surface area (Å²) < 4.78 is 0. The van der Waals surface area contributed by atoms with E-state index in [0.717, 1.165) is 11.8 Å². The number of fused-ring (bicyclic) bond motifs is 1. The molecule has 2 fully saturated rings. The third-order valence-corrected chi connectivity index (χ3v) is 4.40. The molecule has 4 aliphatic carbocycles. The first-order chi connectivity index (χ1) is 6.36. The van der Waals surface area contributed by atoms with Crippen molar-refractivity contribution in [1.82, 2.24) is 0 Å². The van der Waals surface area contributed by atoms with Crippen LogP contribution in [0.1, 0.15) is 6.42 Å². The molecule has 2 nitrogen and oxygen atoms in total. The second-order valence-electron chi connectivity index (χ2n) is 4.80. The van der Waals surface area contributed by atoms with Gasteiger partial charge in [-0.2, -0.15) is 0 Å². The SMILES string of the molecule is OC[C@@H]1[C@H]2C=C[C@H]([C@H]3C[C@H]23)[C@@H]1CO. The van der Waals surface area contributed by atoms with Gasteiger partial charge in [-0.25, -0.2) is 0 Å². The largest absolute Gasteiger partial charge is 0.396 e. The lowest BCUT2D eigenvalue weighted by Gasteiger charge is -2.43. The Morgan fingerprint density at radius 3 is 1.77 bits per heavy atom. The van der Waals surface area contributed by atoms with Crippen LogP contribution in [0.25, 0.3) is 0 Å². The van der Waals surface area contributed by atoms with Gasteiger partial charge in [0.25, 0.3) is 0 Å². The highest BCUT2D eigenvalue weighted by atomic mass is 16.3. The molecule has 0 aromatic carbocycles. The average molecular weight is 180 g/mol. The maximum atomic E-state index is 9.31. The topological polar surface area (TPSA) is 40.5 Å². The quantitative estimate of drug-likeness (QED) is 0.613. The Morgan fingerprint density at radius 2 is 1.38 bits per heavy atom. The Bertz CT molecular complexity index is 224. The Balaban J connectivity index is 1.93. The van der Waals surface area contributed by atoms with E-state index >= 15 is 0 Å². The molecular formula is C11H16O2. The summed E-state index contributed by atoms with van der Waals surface area (Å²) in [7, 11) is 0. The molecule has 2 bridgehead atoms. The van der Waals surface area contributed by atoms with E-state index in [4.69, 9.17) is 0 Å². The first-order valence-corrected chi connectivity index (χ1v) is 5.27. The van der Waals surface area contributed by atoms with Crippen molar-refractivity contribution < 1.29 is 10.2 Å². The van der Waals surface area contributed by atoms with Gasteiger partial charge in [0, 0.05) is 13.2 Å². The molecule has 2 N–H and O–H groups in total.